The van der Waals surface area contributed by atoms with Gasteiger partial charge in [-0.3, -0.25) is 4.79 Å². The average molecular weight is 384 g/mol. The molecule has 0 aliphatic carbocycles. The van der Waals surface area contributed by atoms with Gasteiger partial charge in [0.1, 0.15) is 18.1 Å². The number of hydrogen-bond donors (Lipinski definition) is 1. The molecule has 1 amide bonds. The summed E-state index contributed by atoms with van der Waals surface area (Å²) in [5, 5.41) is 2.99. The van der Waals surface area contributed by atoms with Crippen molar-refractivity contribution in [1.82, 2.24) is 5.32 Å². The number of carbonyl (C=O) groups is 1. The maximum atomic E-state index is 12.6. The summed E-state index contributed by atoms with van der Waals surface area (Å²) < 4.78 is 11.7. The van der Waals surface area contributed by atoms with Crippen molar-refractivity contribution in [3.8, 4) is 11.5 Å². The lowest BCUT2D eigenvalue weighted by Gasteiger charge is -2.22. The van der Waals surface area contributed by atoms with E-state index in [0.29, 0.717) is 18.8 Å². The second kappa shape index (κ2) is 9.63. The first-order chi connectivity index (χ1) is 13.2. The number of rotatable bonds is 8. The van der Waals surface area contributed by atoms with E-state index in [-0.39, 0.29) is 17.4 Å². The number of carbonyl (C=O) groups excluding carboxylic acids is 1. The third-order valence-corrected chi connectivity index (χ3v) is 4.63. The highest BCUT2D eigenvalue weighted by atomic mass is 16.5. The lowest BCUT2D eigenvalue weighted by Crippen LogP contribution is -2.44. The maximum absolute atomic E-state index is 12.6. The zero-order chi connectivity index (χ0) is 20.7. The van der Waals surface area contributed by atoms with E-state index in [1.165, 1.54) is 5.56 Å². The monoisotopic (exact) mass is 383 g/mol. The quantitative estimate of drug-likeness (QED) is 0.695. The van der Waals surface area contributed by atoms with Gasteiger partial charge in [-0.25, -0.2) is 0 Å². The van der Waals surface area contributed by atoms with Crippen LogP contribution >= 0.6 is 0 Å². The van der Waals surface area contributed by atoms with Gasteiger partial charge in [-0.15, -0.1) is 0 Å². The van der Waals surface area contributed by atoms with Crippen molar-refractivity contribution in [2.24, 2.45) is 0 Å². The third kappa shape index (κ3) is 6.29. The van der Waals surface area contributed by atoms with E-state index in [1.54, 1.807) is 0 Å². The Labute approximate surface area is 169 Å². The summed E-state index contributed by atoms with van der Waals surface area (Å²) in [5.41, 5.74) is 2.40. The molecule has 0 fully saturated rings. The highest BCUT2D eigenvalue weighted by Crippen LogP contribution is 2.25. The fraction of sp³-hybridized carbons (Fsp3) is 0.458. The molecule has 0 unspecified atom stereocenters. The second-order valence-corrected chi connectivity index (χ2v) is 8.28. The molecule has 0 heterocycles. The number of amides is 1. The molecule has 1 N–H and O–H groups in total. The van der Waals surface area contributed by atoms with Crippen molar-refractivity contribution >= 4 is 5.91 Å². The normalized spacial score (nSPS) is 13.5. The summed E-state index contributed by atoms with van der Waals surface area (Å²) in [6, 6.07) is 15.7. The van der Waals surface area contributed by atoms with E-state index in [4.69, 9.17) is 9.47 Å². The number of aryl methyl sites for hydroxylation is 1. The van der Waals surface area contributed by atoms with Crippen LogP contribution in [-0.2, 0) is 10.2 Å². The average Bonchev–Trinajstić information content (AvgIpc) is 2.65. The van der Waals surface area contributed by atoms with Crippen LogP contribution in [0.5, 0.6) is 11.5 Å². The zero-order valence-electron chi connectivity index (χ0n) is 17.9. The molecule has 0 aliphatic rings. The van der Waals surface area contributed by atoms with Crippen LogP contribution in [0.15, 0.2) is 48.5 Å². The topological polar surface area (TPSA) is 47.6 Å². The molecule has 0 saturated carbocycles. The summed E-state index contributed by atoms with van der Waals surface area (Å²) in [6.45, 7) is 12.8. The van der Waals surface area contributed by atoms with E-state index in [0.717, 1.165) is 11.3 Å². The number of benzene rings is 2. The molecular weight excluding hydrogens is 350 g/mol. The highest BCUT2D eigenvalue weighted by Gasteiger charge is 2.21. The maximum Gasteiger partial charge on any atom is 0.261 e. The van der Waals surface area contributed by atoms with E-state index in [9.17, 15) is 4.79 Å². The summed E-state index contributed by atoms with van der Waals surface area (Å²) in [4.78, 5) is 12.6. The Bertz CT molecular complexity index is 762. The first kappa shape index (κ1) is 21.8. The van der Waals surface area contributed by atoms with Gasteiger partial charge in [-0.05, 0) is 55.0 Å². The smallest absolute Gasteiger partial charge is 0.261 e. The first-order valence-corrected chi connectivity index (χ1v) is 9.96. The zero-order valence-corrected chi connectivity index (χ0v) is 17.9. The van der Waals surface area contributed by atoms with Gasteiger partial charge in [-0.2, -0.15) is 0 Å². The van der Waals surface area contributed by atoms with Crippen LogP contribution in [0.3, 0.4) is 0 Å². The van der Waals surface area contributed by atoms with Crippen molar-refractivity contribution < 1.29 is 14.3 Å². The SMILES string of the molecule is CC[C@H](Oc1ccc(C(C)(C)C)cc1)C(=O)N[C@@H](C)COc1ccccc1C. The van der Waals surface area contributed by atoms with Gasteiger partial charge in [0.05, 0.1) is 6.04 Å². The summed E-state index contributed by atoms with van der Waals surface area (Å²) in [7, 11) is 0. The minimum atomic E-state index is -0.526. The lowest BCUT2D eigenvalue weighted by molar-refractivity contribution is -0.128. The predicted octanol–water partition coefficient (Wildman–Crippen LogP) is 5.03. The Morgan fingerprint density at radius 2 is 1.71 bits per heavy atom. The van der Waals surface area contributed by atoms with Crippen LogP contribution in [-0.4, -0.2) is 24.7 Å². The van der Waals surface area contributed by atoms with Crippen molar-refractivity contribution in [3.63, 3.8) is 0 Å². The van der Waals surface area contributed by atoms with Crippen LogP contribution in [0.4, 0.5) is 0 Å². The van der Waals surface area contributed by atoms with Crippen molar-refractivity contribution in [2.45, 2.75) is 65.5 Å². The molecule has 2 aromatic carbocycles. The molecule has 2 rings (SSSR count). The van der Waals surface area contributed by atoms with Gasteiger partial charge < -0.3 is 14.8 Å². The molecule has 152 valence electrons. The van der Waals surface area contributed by atoms with Crippen LogP contribution in [0.1, 0.15) is 52.2 Å². The van der Waals surface area contributed by atoms with Crippen molar-refractivity contribution in [1.29, 1.82) is 0 Å². The Hall–Kier alpha value is -2.49. The minimum absolute atomic E-state index is 0.0899. The Kier molecular flexibility index (Phi) is 7.50. The van der Waals surface area contributed by atoms with E-state index in [1.807, 2.05) is 57.2 Å². The summed E-state index contributed by atoms with van der Waals surface area (Å²) in [6.07, 6.45) is 0.0690. The number of nitrogens with one attached hydrogen (secondary N) is 1. The van der Waals surface area contributed by atoms with Crippen molar-refractivity contribution in [3.05, 3.63) is 59.7 Å². The lowest BCUT2D eigenvalue weighted by atomic mass is 9.87. The minimum Gasteiger partial charge on any atom is -0.491 e. The predicted molar refractivity (Wildman–Crippen MR) is 114 cm³/mol. The van der Waals surface area contributed by atoms with E-state index < -0.39 is 6.10 Å². The molecule has 4 nitrogen and oxygen atoms in total. The van der Waals surface area contributed by atoms with Crippen LogP contribution in [0.25, 0.3) is 0 Å². The second-order valence-electron chi connectivity index (χ2n) is 8.28. The first-order valence-electron chi connectivity index (χ1n) is 9.96. The van der Waals surface area contributed by atoms with Crippen LogP contribution < -0.4 is 14.8 Å². The molecule has 0 radical (unpaired) electrons. The van der Waals surface area contributed by atoms with Gasteiger partial charge in [0.25, 0.3) is 5.91 Å². The number of ether oxygens (including phenoxy) is 2. The Morgan fingerprint density at radius 1 is 1.07 bits per heavy atom. The fourth-order valence-electron chi connectivity index (χ4n) is 2.83. The number of para-hydroxylation sites is 1. The van der Waals surface area contributed by atoms with Gasteiger partial charge in [-0.1, -0.05) is 58.0 Å². The fourth-order valence-corrected chi connectivity index (χ4v) is 2.83. The molecule has 2 atom stereocenters. The van der Waals surface area contributed by atoms with Crippen LogP contribution in [0, 0.1) is 6.92 Å². The molecule has 0 saturated heterocycles. The Balaban J connectivity index is 1.89. The van der Waals surface area contributed by atoms with Crippen LogP contribution in [0.2, 0.25) is 0 Å². The molecule has 0 bridgehead atoms. The summed E-state index contributed by atoms with van der Waals surface area (Å²) in [5.74, 6) is 1.42. The Morgan fingerprint density at radius 3 is 2.29 bits per heavy atom. The van der Waals surface area contributed by atoms with Gasteiger partial charge >= 0.3 is 0 Å². The van der Waals surface area contributed by atoms with Gasteiger partial charge in [0, 0.05) is 0 Å². The van der Waals surface area contributed by atoms with E-state index >= 15 is 0 Å². The molecule has 4 heteroatoms. The third-order valence-electron chi connectivity index (χ3n) is 4.63. The molecule has 0 spiro atoms. The van der Waals surface area contributed by atoms with Crippen molar-refractivity contribution in [2.75, 3.05) is 6.61 Å². The molecule has 28 heavy (non-hydrogen) atoms. The molecule has 0 aromatic heterocycles. The van der Waals surface area contributed by atoms with E-state index in [2.05, 4.69) is 38.2 Å². The highest BCUT2D eigenvalue weighted by molar-refractivity contribution is 5.81. The summed E-state index contributed by atoms with van der Waals surface area (Å²) >= 11 is 0. The standard InChI is InChI=1S/C24H33NO3/c1-7-21(28-20-14-12-19(13-15-20)24(4,5)6)23(26)25-18(3)16-27-22-11-9-8-10-17(22)2/h8-15,18,21H,7,16H2,1-6H3,(H,25,26)/t18-,21-/m0/s1. The van der Waals surface area contributed by atoms with Gasteiger partial charge in [0.2, 0.25) is 0 Å². The molecular formula is C24H33NO3. The molecule has 0 aliphatic heterocycles. The largest absolute Gasteiger partial charge is 0.491 e. The number of hydrogen-bond acceptors (Lipinski definition) is 3. The van der Waals surface area contributed by atoms with Gasteiger partial charge in [0.15, 0.2) is 6.10 Å². The molecule has 2 aromatic rings.